The molecule has 0 aliphatic carbocycles. The normalized spacial score (nSPS) is 10.1. The number of rotatable bonds is 3. The molecule has 0 saturated carbocycles. The molecule has 0 spiro atoms. The lowest BCUT2D eigenvalue weighted by molar-refractivity contribution is 1.12. The van der Waals surface area contributed by atoms with Gasteiger partial charge in [-0.25, -0.2) is 0 Å². The number of hydrogen-bond acceptors (Lipinski definition) is 2. The van der Waals surface area contributed by atoms with Crippen molar-refractivity contribution in [3.05, 3.63) is 59.4 Å². The van der Waals surface area contributed by atoms with Gasteiger partial charge in [-0.1, -0.05) is 29.8 Å². The van der Waals surface area contributed by atoms with Crippen molar-refractivity contribution >= 4 is 5.69 Å². The Morgan fingerprint density at radius 1 is 1.12 bits per heavy atom. The molecule has 0 aliphatic heterocycles. The van der Waals surface area contributed by atoms with Crippen LogP contribution in [-0.2, 0) is 6.54 Å². The molecule has 1 aromatic carbocycles. The smallest absolute Gasteiger partial charge is 0.0529 e. The summed E-state index contributed by atoms with van der Waals surface area (Å²) in [4.78, 5) is 4.25. The van der Waals surface area contributed by atoms with Gasteiger partial charge in [0, 0.05) is 12.2 Å². The van der Waals surface area contributed by atoms with Crippen molar-refractivity contribution in [2.24, 2.45) is 0 Å². The molecule has 2 rings (SSSR count). The van der Waals surface area contributed by atoms with E-state index in [0.717, 1.165) is 17.9 Å². The summed E-state index contributed by atoms with van der Waals surface area (Å²) in [6.07, 6.45) is 1.87. The van der Waals surface area contributed by atoms with E-state index in [1.54, 1.807) is 0 Å². The van der Waals surface area contributed by atoms with Crippen LogP contribution in [0.25, 0.3) is 0 Å². The zero-order chi connectivity index (χ0) is 11.4. The van der Waals surface area contributed by atoms with Crippen molar-refractivity contribution in [1.29, 1.82) is 0 Å². The second-order valence-electron chi connectivity index (χ2n) is 4.03. The summed E-state index contributed by atoms with van der Waals surface area (Å²) in [6, 6.07) is 12.6. The van der Waals surface area contributed by atoms with Crippen molar-refractivity contribution in [2.75, 3.05) is 5.32 Å². The molecule has 0 aliphatic rings. The number of pyridine rings is 1. The fourth-order valence-corrected chi connectivity index (χ4v) is 1.60. The van der Waals surface area contributed by atoms with E-state index in [4.69, 9.17) is 0 Å². The number of aromatic nitrogens is 1. The van der Waals surface area contributed by atoms with Crippen molar-refractivity contribution in [1.82, 2.24) is 4.98 Å². The van der Waals surface area contributed by atoms with Gasteiger partial charge < -0.3 is 5.32 Å². The predicted molar refractivity (Wildman–Crippen MR) is 67.5 cm³/mol. The third-order valence-corrected chi connectivity index (χ3v) is 2.49. The average Bonchev–Trinajstić information content (AvgIpc) is 2.28. The summed E-state index contributed by atoms with van der Waals surface area (Å²) in [6.45, 7) is 4.94. The van der Waals surface area contributed by atoms with E-state index in [9.17, 15) is 0 Å². The molecular formula is C14H16N2. The topological polar surface area (TPSA) is 24.9 Å². The first-order chi connectivity index (χ1) is 7.74. The Hall–Kier alpha value is -1.83. The van der Waals surface area contributed by atoms with Crippen LogP contribution >= 0.6 is 0 Å². The maximum atomic E-state index is 4.25. The van der Waals surface area contributed by atoms with E-state index in [1.807, 2.05) is 19.2 Å². The molecule has 0 saturated heterocycles. The average molecular weight is 212 g/mol. The number of aryl methyl sites for hydroxylation is 2. The molecule has 1 aromatic heterocycles. The second kappa shape index (κ2) is 4.79. The van der Waals surface area contributed by atoms with Gasteiger partial charge in [0.25, 0.3) is 0 Å². The summed E-state index contributed by atoms with van der Waals surface area (Å²) in [7, 11) is 0. The van der Waals surface area contributed by atoms with Crippen LogP contribution in [0.5, 0.6) is 0 Å². The Labute approximate surface area is 96.4 Å². The second-order valence-corrected chi connectivity index (χ2v) is 4.03. The van der Waals surface area contributed by atoms with Crippen molar-refractivity contribution in [2.45, 2.75) is 20.4 Å². The molecule has 1 N–H and O–H groups in total. The SMILES string of the molecule is Cc1cccc(CNc2ccc(C)nc2)c1. The largest absolute Gasteiger partial charge is 0.380 e. The van der Waals surface area contributed by atoms with Crippen LogP contribution in [0.2, 0.25) is 0 Å². The fourth-order valence-electron chi connectivity index (χ4n) is 1.60. The molecule has 1 heterocycles. The predicted octanol–water partition coefficient (Wildman–Crippen LogP) is 3.31. The van der Waals surface area contributed by atoms with Crippen LogP contribution in [0.3, 0.4) is 0 Å². The van der Waals surface area contributed by atoms with Gasteiger partial charge in [-0.3, -0.25) is 4.98 Å². The summed E-state index contributed by atoms with van der Waals surface area (Å²) >= 11 is 0. The maximum absolute atomic E-state index is 4.25. The van der Waals surface area contributed by atoms with Crippen LogP contribution in [-0.4, -0.2) is 4.98 Å². The van der Waals surface area contributed by atoms with Gasteiger partial charge in [-0.15, -0.1) is 0 Å². The summed E-state index contributed by atoms with van der Waals surface area (Å²) in [5.74, 6) is 0. The highest BCUT2D eigenvalue weighted by atomic mass is 14.9. The minimum absolute atomic E-state index is 0.840. The van der Waals surface area contributed by atoms with Gasteiger partial charge in [0.15, 0.2) is 0 Å². The number of nitrogens with zero attached hydrogens (tertiary/aromatic N) is 1. The van der Waals surface area contributed by atoms with E-state index in [1.165, 1.54) is 11.1 Å². The van der Waals surface area contributed by atoms with Gasteiger partial charge in [0.1, 0.15) is 0 Å². The Balaban J connectivity index is 1.99. The van der Waals surface area contributed by atoms with Gasteiger partial charge in [0.2, 0.25) is 0 Å². The first-order valence-electron chi connectivity index (χ1n) is 5.46. The summed E-state index contributed by atoms with van der Waals surface area (Å²) < 4.78 is 0. The number of anilines is 1. The molecule has 0 bridgehead atoms. The molecule has 2 nitrogen and oxygen atoms in total. The summed E-state index contributed by atoms with van der Waals surface area (Å²) in [5.41, 5.74) is 4.69. The van der Waals surface area contributed by atoms with Crippen LogP contribution in [0.1, 0.15) is 16.8 Å². The fraction of sp³-hybridized carbons (Fsp3) is 0.214. The molecule has 2 heteroatoms. The highest BCUT2D eigenvalue weighted by molar-refractivity contribution is 5.41. The third kappa shape index (κ3) is 2.83. The standard InChI is InChI=1S/C14H16N2/c1-11-4-3-5-13(8-11)9-16-14-7-6-12(2)15-10-14/h3-8,10,16H,9H2,1-2H3. The maximum Gasteiger partial charge on any atom is 0.0529 e. The molecule has 82 valence electrons. The van der Waals surface area contributed by atoms with E-state index in [-0.39, 0.29) is 0 Å². The quantitative estimate of drug-likeness (QED) is 0.844. The molecule has 2 aromatic rings. The van der Waals surface area contributed by atoms with E-state index in [0.29, 0.717) is 0 Å². The zero-order valence-corrected chi connectivity index (χ0v) is 9.70. The van der Waals surface area contributed by atoms with Crippen molar-refractivity contribution in [3.63, 3.8) is 0 Å². The van der Waals surface area contributed by atoms with E-state index < -0.39 is 0 Å². The highest BCUT2D eigenvalue weighted by Gasteiger charge is 1.94. The number of benzene rings is 1. The third-order valence-electron chi connectivity index (χ3n) is 2.49. The van der Waals surface area contributed by atoms with Gasteiger partial charge in [0.05, 0.1) is 11.9 Å². The van der Waals surface area contributed by atoms with Gasteiger partial charge >= 0.3 is 0 Å². The van der Waals surface area contributed by atoms with Crippen molar-refractivity contribution < 1.29 is 0 Å². The zero-order valence-electron chi connectivity index (χ0n) is 9.70. The highest BCUT2D eigenvalue weighted by Crippen LogP contribution is 2.09. The van der Waals surface area contributed by atoms with Crippen molar-refractivity contribution in [3.8, 4) is 0 Å². The molecule has 0 amide bonds. The molecule has 0 unspecified atom stereocenters. The van der Waals surface area contributed by atoms with Crippen LogP contribution in [0, 0.1) is 13.8 Å². The number of nitrogens with one attached hydrogen (secondary N) is 1. The van der Waals surface area contributed by atoms with E-state index in [2.05, 4.69) is 47.6 Å². The lowest BCUT2D eigenvalue weighted by Crippen LogP contribution is -2.00. The Bertz CT molecular complexity index is 460. The Morgan fingerprint density at radius 3 is 2.69 bits per heavy atom. The lowest BCUT2D eigenvalue weighted by atomic mass is 10.1. The molecule has 16 heavy (non-hydrogen) atoms. The molecule has 0 atom stereocenters. The Kier molecular flexibility index (Phi) is 3.20. The van der Waals surface area contributed by atoms with Gasteiger partial charge in [-0.05, 0) is 31.5 Å². The lowest BCUT2D eigenvalue weighted by Gasteiger charge is -2.06. The Morgan fingerprint density at radius 2 is 2.00 bits per heavy atom. The monoisotopic (exact) mass is 212 g/mol. The van der Waals surface area contributed by atoms with Crippen LogP contribution < -0.4 is 5.32 Å². The molecule has 0 radical (unpaired) electrons. The van der Waals surface area contributed by atoms with Gasteiger partial charge in [-0.2, -0.15) is 0 Å². The van der Waals surface area contributed by atoms with Crippen LogP contribution in [0.4, 0.5) is 5.69 Å². The van der Waals surface area contributed by atoms with E-state index >= 15 is 0 Å². The summed E-state index contributed by atoms with van der Waals surface area (Å²) in [5, 5.41) is 3.35. The first-order valence-corrected chi connectivity index (χ1v) is 5.46. The molecular weight excluding hydrogens is 196 g/mol. The molecule has 0 fully saturated rings. The number of hydrogen-bond donors (Lipinski definition) is 1. The van der Waals surface area contributed by atoms with Crippen LogP contribution in [0.15, 0.2) is 42.6 Å². The minimum Gasteiger partial charge on any atom is -0.380 e. The minimum atomic E-state index is 0.840. The first kappa shape index (κ1) is 10.7.